The minimum Gasteiger partial charge on any atom is -0.480 e. The summed E-state index contributed by atoms with van der Waals surface area (Å²) in [5.74, 6) is -6.39. The van der Waals surface area contributed by atoms with Gasteiger partial charge in [0.05, 0.1) is 0 Å². The maximum Gasteiger partial charge on any atom is 0.338 e. The van der Waals surface area contributed by atoms with Gasteiger partial charge in [-0.15, -0.1) is 8.58 Å². The second kappa shape index (κ2) is 5.55. The van der Waals surface area contributed by atoms with Gasteiger partial charge in [-0.3, -0.25) is 9.59 Å². The van der Waals surface area contributed by atoms with Gasteiger partial charge >= 0.3 is 11.9 Å². The van der Waals surface area contributed by atoms with Crippen molar-refractivity contribution in [3.63, 3.8) is 0 Å². The second-order valence-electron chi connectivity index (χ2n) is 2.89. The van der Waals surface area contributed by atoms with Crippen LogP contribution < -0.4 is 5.32 Å². The smallest absolute Gasteiger partial charge is 0.338 e. The van der Waals surface area contributed by atoms with Crippen LogP contribution in [0.5, 0.6) is 0 Å². The lowest BCUT2D eigenvalue weighted by atomic mass is 9.83. The molecule has 0 rings (SSSR count). The number of Topliss-reactive ketones (excluding diaryl/α,β-unsaturated/α-hetero) is 1. The van der Waals surface area contributed by atoms with Crippen molar-refractivity contribution in [3.8, 4) is 0 Å². The molecule has 16 heavy (non-hydrogen) atoms. The largest absolute Gasteiger partial charge is 0.480 e. The highest BCUT2D eigenvalue weighted by molar-refractivity contribution is 7.38. The van der Waals surface area contributed by atoms with Gasteiger partial charge in [-0.25, -0.2) is 9.59 Å². The van der Waals surface area contributed by atoms with Crippen LogP contribution >= 0.6 is 8.58 Å². The Kier molecular flexibility index (Phi) is 5.04. The Morgan fingerprint density at radius 3 is 1.88 bits per heavy atom. The first-order valence-corrected chi connectivity index (χ1v) is 5.93. The number of carboxylic acid groups (broad SMARTS) is 2. The third-order valence-corrected chi connectivity index (χ3v) is 2.64. The van der Waals surface area contributed by atoms with E-state index in [-0.39, 0.29) is 14.7 Å². The molecule has 8 heteroatoms. The summed E-state index contributed by atoms with van der Waals surface area (Å²) < 4.78 is 0. The predicted octanol–water partition coefficient (Wildman–Crippen LogP) is -1.23. The van der Waals surface area contributed by atoms with E-state index >= 15 is 0 Å². The van der Waals surface area contributed by atoms with Crippen LogP contribution in [0.2, 0.25) is 0 Å². The molecule has 0 saturated carbocycles. The molecule has 0 spiro atoms. The Morgan fingerprint density at radius 1 is 1.19 bits per heavy atom. The average molecular weight is 249 g/mol. The van der Waals surface area contributed by atoms with E-state index in [0.717, 1.165) is 7.05 Å². The minimum atomic E-state index is -3.03. The molecule has 0 aromatic carbocycles. The van der Waals surface area contributed by atoms with Gasteiger partial charge in [0.1, 0.15) is 0 Å². The van der Waals surface area contributed by atoms with Crippen LogP contribution in [0.15, 0.2) is 0 Å². The van der Waals surface area contributed by atoms with E-state index in [2.05, 4.69) is 0 Å². The average Bonchev–Trinajstić information content (AvgIpc) is 2.17. The maximum absolute atomic E-state index is 11.5. The zero-order valence-corrected chi connectivity index (χ0v) is 9.73. The van der Waals surface area contributed by atoms with Crippen LogP contribution in [-0.2, 0) is 19.2 Å². The highest BCUT2D eigenvalue weighted by Crippen LogP contribution is 2.23. The highest BCUT2D eigenvalue weighted by Gasteiger charge is 2.59. The van der Waals surface area contributed by atoms with Crippen LogP contribution in [-0.4, -0.2) is 53.7 Å². The number of rotatable bonds is 6. The van der Waals surface area contributed by atoms with E-state index in [0.29, 0.717) is 0 Å². The molecule has 90 valence electrons. The monoisotopic (exact) mass is 249 g/mol. The fourth-order valence-electron chi connectivity index (χ4n) is 1.13. The number of aliphatic carboxylic acids is 2. The summed E-state index contributed by atoms with van der Waals surface area (Å²) in [5, 5.41) is 19.6. The quantitative estimate of drug-likeness (QED) is 0.400. The molecule has 3 N–H and O–H groups in total. The lowest BCUT2D eigenvalue weighted by molar-refractivity contribution is -0.171. The van der Waals surface area contributed by atoms with Gasteiger partial charge in [0.2, 0.25) is 0 Å². The fourth-order valence-corrected chi connectivity index (χ4v) is 1.72. The Hall–Kier alpha value is -1.49. The SMILES string of the molecule is CNC(=O)C(C(=O)O)(C(=O)O)C(=O)CPC. The molecule has 0 saturated heterocycles. The number of carbonyl (C=O) groups excluding carboxylic acids is 2. The van der Waals surface area contributed by atoms with E-state index in [1.54, 1.807) is 6.66 Å². The fraction of sp³-hybridized carbons (Fsp3) is 0.500. The second-order valence-corrected chi connectivity index (χ2v) is 3.95. The van der Waals surface area contributed by atoms with Crippen molar-refractivity contribution < 1.29 is 29.4 Å². The van der Waals surface area contributed by atoms with Crippen molar-refractivity contribution in [2.75, 3.05) is 19.9 Å². The summed E-state index contributed by atoms with van der Waals surface area (Å²) in [6.07, 6.45) is -0.258. The molecule has 1 amide bonds. The molecular formula is C8H12NO6P. The number of hydrogen-bond donors (Lipinski definition) is 3. The summed E-state index contributed by atoms with van der Waals surface area (Å²) >= 11 is 0. The Bertz CT molecular complexity index is 325. The van der Waals surface area contributed by atoms with Gasteiger partial charge in [0, 0.05) is 13.2 Å². The molecule has 1 unspecified atom stereocenters. The van der Waals surface area contributed by atoms with E-state index in [1.807, 2.05) is 5.32 Å². The molecule has 0 aromatic rings. The van der Waals surface area contributed by atoms with Gasteiger partial charge in [-0.05, 0) is 6.66 Å². The lowest BCUT2D eigenvalue weighted by Gasteiger charge is -2.21. The number of carbonyl (C=O) groups is 4. The Labute approximate surface area is 93.0 Å². The lowest BCUT2D eigenvalue weighted by Crippen LogP contribution is -2.57. The summed E-state index contributed by atoms with van der Waals surface area (Å²) in [6.45, 7) is 1.61. The standard InChI is InChI=1S/C8H12NO6P/c1-9-5(11)8(6(12)13,7(14)15)4(10)3-16-2/h16H,3H2,1-2H3,(H,9,11)(H,12,13)(H,14,15). The number of carboxylic acids is 2. The van der Waals surface area contributed by atoms with Crippen molar-refractivity contribution in [1.82, 2.24) is 5.32 Å². The third-order valence-electron chi connectivity index (χ3n) is 1.96. The molecule has 0 bridgehead atoms. The summed E-state index contributed by atoms with van der Waals surface area (Å²) in [6, 6.07) is 0. The molecule has 7 nitrogen and oxygen atoms in total. The first-order chi connectivity index (χ1) is 7.35. The van der Waals surface area contributed by atoms with Gasteiger partial charge in [-0.2, -0.15) is 0 Å². The highest BCUT2D eigenvalue weighted by atomic mass is 31.1. The van der Waals surface area contributed by atoms with Crippen molar-refractivity contribution in [1.29, 1.82) is 0 Å². The maximum atomic E-state index is 11.5. The molecule has 0 radical (unpaired) electrons. The van der Waals surface area contributed by atoms with Crippen molar-refractivity contribution in [2.45, 2.75) is 0 Å². The van der Waals surface area contributed by atoms with Crippen molar-refractivity contribution in [3.05, 3.63) is 0 Å². The molecule has 0 heterocycles. The normalized spacial score (nSPS) is 11.4. The van der Waals surface area contributed by atoms with Crippen LogP contribution in [0.4, 0.5) is 0 Å². The van der Waals surface area contributed by atoms with E-state index < -0.39 is 29.0 Å². The van der Waals surface area contributed by atoms with E-state index in [1.165, 1.54) is 0 Å². The molecule has 0 aliphatic heterocycles. The number of amides is 1. The molecule has 0 fully saturated rings. The van der Waals surface area contributed by atoms with Crippen molar-refractivity contribution >= 4 is 32.2 Å². The van der Waals surface area contributed by atoms with E-state index in [9.17, 15) is 19.2 Å². The van der Waals surface area contributed by atoms with Crippen molar-refractivity contribution in [2.24, 2.45) is 5.41 Å². The first kappa shape index (κ1) is 14.5. The summed E-state index contributed by atoms with van der Waals surface area (Å²) in [5.41, 5.74) is -3.03. The molecule has 0 aliphatic carbocycles. The minimum absolute atomic E-state index is 0.0350. The number of nitrogens with one attached hydrogen (secondary N) is 1. The number of hydrogen-bond acceptors (Lipinski definition) is 4. The Balaban J connectivity index is 5.63. The summed E-state index contributed by atoms with van der Waals surface area (Å²) in [7, 11) is 1.11. The molecule has 1 atom stereocenters. The van der Waals surface area contributed by atoms with Crippen LogP contribution in [0, 0.1) is 5.41 Å². The Morgan fingerprint density at radius 2 is 1.62 bits per heavy atom. The summed E-state index contributed by atoms with van der Waals surface area (Å²) in [4.78, 5) is 44.7. The molecular weight excluding hydrogens is 237 g/mol. The number of ketones is 1. The van der Waals surface area contributed by atoms with E-state index in [4.69, 9.17) is 10.2 Å². The molecule has 0 aromatic heterocycles. The molecule has 0 aliphatic rings. The third kappa shape index (κ3) is 2.19. The van der Waals surface area contributed by atoms with Gasteiger partial charge in [0.15, 0.2) is 5.78 Å². The topological polar surface area (TPSA) is 121 Å². The van der Waals surface area contributed by atoms with Gasteiger partial charge < -0.3 is 15.5 Å². The first-order valence-electron chi connectivity index (χ1n) is 4.22. The predicted molar refractivity (Wildman–Crippen MR) is 55.9 cm³/mol. The van der Waals surface area contributed by atoms with Crippen LogP contribution in [0.1, 0.15) is 0 Å². The van der Waals surface area contributed by atoms with Crippen LogP contribution in [0.25, 0.3) is 0 Å². The van der Waals surface area contributed by atoms with Crippen LogP contribution in [0.3, 0.4) is 0 Å². The van der Waals surface area contributed by atoms with Gasteiger partial charge in [-0.1, -0.05) is 0 Å². The zero-order valence-electron chi connectivity index (χ0n) is 8.73. The van der Waals surface area contributed by atoms with Gasteiger partial charge in [0.25, 0.3) is 11.3 Å². The zero-order chi connectivity index (χ0) is 12.9.